The molecule has 0 unspecified atom stereocenters. The molecule has 290 valence electrons. The predicted octanol–water partition coefficient (Wildman–Crippen LogP) is 8.56. The number of hydrogen-bond acceptors (Lipinski definition) is 6. The molecule has 4 atom stereocenters. The number of nitrogens with zero attached hydrogens (tertiary/aromatic N) is 6. The average Bonchev–Trinajstić information content (AvgIpc) is 4.00. The summed E-state index contributed by atoms with van der Waals surface area (Å²) in [5, 5.41) is 0. The van der Waals surface area contributed by atoms with Gasteiger partial charge in [-0.2, -0.15) is 0 Å². The van der Waals surface area contributed by atoms with Crippen molar-refractivity contribution in [3.63, 3.8) is 0 Å². The number of imidazole rings is 2. The van der Waals surface area contributed by atoms with Crippen LogP contribution in [0.2, 0.25) is 0 Å². The lowest BCUT2D eigenvalue weighted by molar-refractivity contribution is -0.138. The molecule has 0 saturated carbocycles. The third-order valence-corrected chi connectivity index (χ3v) is 10.8. The molecule has 3 heterocycles. The number of benzene rings is 4. The van der Waals surface area contributed by atoms with E-state index in [2.05, 4.69) is 63.5 Å². The quantitative estimate of drug-likeness (QED) is 0.130. The van der Waals surface area contributed by atoms with Gasteiger partial charge in [0.25, 0.3) is 0 Å². The van der Waals surface area contributed by atoms with E-state index in [4.69, 9.17) is 4.98 Å². The highest BCUT2D eigenvalue weighted by molar-refractivity contribution is 5.84. The van der Waals surface area contributed by atoms with Gasteiger partial charge in [-0.25, -0.2) is 9.97 Å². The molecule has 1 aliphatic heterocycles. The van der Waals surface area contributed by atoms with Crippen molar-refractivity contribution in [1.82, 2.24) is 39.5 Å². The van der Waals surface area contributed by atoms with Crippen molar-refractivity contribution >= 4 is 11.8 Å². The van der Waals surface area contributed by atoms with Crippen molar-refractivity contribution < 1.29 is 9.59 Å². The molecule has 6 aromatic rings. The van der Waals surface area contributed by atoms with Gasteiger partial charge in [0, 0.05) is 13.6 Å². The van der Waals surface area contributed by atoms with E-state index >= 15 is 0 Å². The number of likely N-dealkylation sites (tertiary alicyclic amines) is 1. The van der Waals surface area contributed by atoms with Crippen molar-refractivity contribution in [3.8, 4) is 33.6 Å². The van der Waals surface area contributed by atoms with Crippen LogP contribution in [0.4, 0.5) is 0 Å². The van der Waals surface area contributed by atoms with Gasteiger partial charge >= 0.3 is 0 Å². The highest BCUT2D eigenvalue weighted by atomic mass is 16.2. The molecule has 10 nitrogen and oxygen atoms in total. The summed E-state index contributed by atoms with van der Waals surface area (Å²) in [6, 6.07) is 35.6. The molecule has 1 fully saturated rings. The Balaban J connectivity index is 0.00000532. The maximum Gasteiger partial charge on any atom is 0.245 e. The highest BCUT2D eigenvalue weighted by Crippen LogP contribution is 2.35. The van der Waals surface area contributed by atoms with E-state index in [1.165, 1.54) is 0 Å². The van der Waals surface area contributed by atoms with Gasteiger partial charge in [0.2, 0.25) is 11.8 Å². The molecule has 2 amide bonds. The zero-order valence-electron chi connectivity index (χ0n) is 32.5. The highest BCUT2D eigenvalue weighted by Gasteiger charge is 2.37. The van der Waals surface area contributed by atoms with Crippen LogP contribution in [-0.2, 0) is 9.59 Å². The number of H-pyrrole nitrogens is 2. The van der Waals surface area contributed by atoms with Crippen molar-refractivity contribution in [1.29, 1.82) is 0 Å². The molecule has 4 aromatic carbocycles. The minimum Gasteiger partial charge on any atom is -0.340 e. The first-order valence-corrected chi connectivity index (χ1v) is 18.9. The van der Waals surface area contributed by atoms with Crippen molar-refractivity contribution in [2.75, 3.05) is 41.8 Å². The standard InChI is InChI=1S/C45H50N8O2.CH4/c1-30(52(6)44(54)40(50(2)3)35-14-9-7-10-15-35)42-46-28-37(48-42)33-23-19-31(20-24-33)32-21-25-34(26-22-32)38-29-47-43(49-38)39-18-13-27-53(39)45(55)41(51(4)5)36-16-11-8-12-17-36;/h7-12,14-17,19-26,28-30,39-41H,13,18,27H2,1-6H3,(H,46,48)(H,47,49);1H4/t30-,39-,40+,41+;/m0./s1. The molecule has 7 rings (SSSR count). The Morgan fingerprint density at radius 2 is 1.14 bits per heavy atom. The third kappa shape index (κ3) is 8.22. The predicted molar refractivity (Wildman–Crippen MR) is 224 cm³/mol. The molecular weight excluding hydrogens is 697 g/mol. The van der Waals surface area contributed by atoms with Crippen LogP contribution in [0.5, 0.6) is 0 Å². The van der Waals surface area contributed by atoms with E-state index in [0.29, 0.717) is 0 Å². The lowest BCUT2D eigenvalue weighted by Gasteiger charge is -2.31. The fraction of sp³-hybridized carbons (Fsp3) is 0.304. The number of carbonyl (C=O) groups is 2. The number of aromatic nitrogens is 4. The summed E-state index contributed by atoms with van der Waals surface area (Å²) in [5.74, 6) is 1.67. The molecule has 1 saturated heterocycles. The second-order valence-electron chi connectivity index (χ2n) is 14.9. The molecule has 0 radical (unpaired) electrons. The molecule has 2 N–H and O–H groups in total. The van der Waals surface area contributed by atoms with Gasteiger partial charge in [-0.3, -0.25) is 19.4 Å². The van der Waals surface area contributed by atoms with E-state index in [9.17, 15) is 9.59 Å². The van der Waals surface area contributed by atoms with Crippen molar-refractivity contribution in [3.05, 3.63) is 144 Å². The van der Waals surface area contributed by atoms with E-state index < -0.39 is 0 Å². The second-order valence-corrected chi connectivity index (χ2v) is 14.9. The summed E-state index contributed by atoms with van der Waals surface area (Å²) in [5.41, 5.74) is 8.03. The number of amides is 2. The molecule has 10 heteroatoms. The lowest BCUT2D eigenvalue weighted by atomic mass is 10.0. The van der Waals surface area contributed by atoms with Crippen LogP contribution in [0.25, 0.3) is 33.6 Å². The SMILES string of the molecule is C.C[C@@H](c1ncc(-c2ccc(-c3ccc(-c4cnc([C@@H]5CCCN5C(=O)[C@@H](c5ccccc5)N(C)C)[nH]4)cc3)cc2)[nH]1)N(C)C(=O)[C@@H](c1ccccc1)N(C)C. The Bertz CT molecular complexity index is 2190. The van der Waals surface area contributed by atoms with Crippen molar-refractivity contribution in [2.45, 2.75) is 51.4 Å². The molecule has 2 aromatic heterocycles. The number of aromatic amines is 2. The minimum absolute atomic E-state index is 0. The summed E-state index contributed by atoms with van der Waals surface area (Å²) in [7, 11) is 9.60. The summed E-state index contributed by atoms with van der Waals surface area (Å²) in [4.78, 5) is 51.7. The van der Waals surface area contributed by atoms with E-state index in [0.717, 1.165) is 75.8 Å². The van der Waals surface area contributed by atoms with Gasteiger partial charge < -0.3 is 19.8 Å². The Hall–Kier alpha value is -5.84. The lowest BCUT2D eigenvalue weighted by Crippen LogP contribution is -2.40. The zero-order chi connectivity index (χ0) is 38.6. The summed E-state index contributed by atoms with van der Waals surface area (Å²) >= 11 is 0. The van der Waals surface area contributed by atoms with Crippen LogP contribution < -0.4 is 0 Å². The smallest absolute Gasteiger partial charge is 0.245 e. The first-order chi connectivity index (χ1) is 26.6. The first kappa shape index (κ1) is 39.8. The van der Waals surface area contributed by atoms with Crippen LogP contribution in [0.1, 0.15) is 74.1 Å². The second kappa shape index (κ2) is 17.3. The fourth-order valence-electron chi connectivity index (χ4n) is 7.67. The maximum atomic E-state index is 13.9. The summed E-state index contributed by atoms with van der Waals surface area (Å²) in [6.45, 7) is 2.71. The van der Waals surface area contributed by atoms with Gasteiger partial charge in [0.1, 0.15) is 23.7 Å². The van der Waals surface area contributed by atoms with Crippen LogP contribution in [0.15, 0.2) is 122 Å². The molecule has 1 aliphatic rings. The van der Waals surface area contributed by atoms with Crippen LogP contribution in [0.3, 0.4) is 0 Å². The Kier molecular flexibility index (Phi) is 12.3. The summed E-state index contributed by atoms with van der Waals surface area (Å²) in [6.07, 6.45) is 5.53. The van der Waals surface area contributed by atoms with Crippen LogP contribution in [-0.4, -0.2) is 93.1 Å². The Labute approximate surface area is 331 Å². The molecule has 56 heavy (non-hydrogen) atoms. The molecule has 0 spiro atoms. The largest absolute Gasteiger partial charge is 0.340 e. The van der Waals surface area contributed by atoms with E-state index in [-0.39, 0.29) is 43.4 Å². The van der Waals surface area contributed by atoms with Crippen LogP contribution >= 0.6 is 0 Å². The molecular formula is C46H54N8O2. The van der Waals surface area contributed by atoms with Gasteiger partial charge in [-0.1, -0.05) is 117 Å². The zero-order valence-corrected chi connectivity index (χ0v) is 32.5. The number of hydrogen-bond donors (Lipinski definition) is 2. The minimum atomic E-state index is -0.386. The van der Waals surface area contributed by atoms with Gasteiger partial charge in [0.05, 0.1) is 35.9 Å². The first-order valence-electron chi connectivity index (χ1n) is 18.9. The van der Waals surface area contributed by atoms with E-state index in [1.807, 2.05) is 130 Å². The molecule has 0 bridgehead atoms. The number of carbonyl (C=O) groups excluding carboxylic acids is 2. The van der Waals surface area contributed by atoms with Crippen LogP contribution in [0, 0.1) is 0 Å². The fourth-order valence-corrected chi connectivity index (χ4v) is 7.67. The topological polar surface area (TPSA) is 104 Å². The Morgan fingerprint density at radius 1 is 0.661 bits per heavy atom. The van der Waals surface area contributed by atoms with Gasteiger partial charge in [0.15, 0.2) is 0 Å². The van der Waals surface area contributed by atoms with Crippen molar-refractivity contribution in [2.24, 2.45) is 0 Å². The van der Waals surface area contributed by atoms with Gasteiger partial charge in [-0.15, -0.1) is 0 Å². The average molecular weight is 751 g/mol. The monoisotopic (exact) mass is 750 g/mol. The normalized spacial score (nSPS) is 15.7. The van der Waals surface area contributed by atoms with Gasteiger partial charge in [-0.05, 0) is 81.3 Å². The van der Waals surface area contributed by atoms with E-state index in [1.54, 1.807) is 4.90 Å². The third-order valence-electron chi connectivity index (χ3n) is 10.8. The Morgan fingerprint density at radius 3 is 1.68 bits per heavy atom. The summed E-state index contributed by atoms with van der Waals surface area (Å²) < 4.78 is 0. The number of likely N-dealkylation sites (N-methyl/N-ethyl adjacent to an activating group) is 3. The number of nitrogens with one attached hydrogen (secondary N) is 2. The molecule has 0 aliphatic carbocycles. The maximum absolute atomic E-state index is 13.9. The number of rotatable bonds is 12.